The second-order valence-electron chi connectivity index (χ2n) is 5.04. The van der Waals surface area contributed by atoms with Crippen molar-refractivity contribution < 1.29 is 23.5 Å². The van der Waals surface area contributed by atoms with Crippen LogP contribution in [0.2, 0.25) is 0 Å². The molecule has 0 bridgehead atoms. The maximum atomic E-state index is 12.9. The van der Waals surface area contributed by atoms with Gasteiger partial charge in [0, 0.05) is 19.2 Å². The van der Waals surface area contributed by atoms with Crippen LogP contribution in [-0.4, -0.2) is 26.9 Å². The molecular formula is C15H16F2N4O3. The lowest BCUT2D eigenvalue weighted by Gasteiger charge is -2.09. The van der Waals surface area contributed by atoms with Crippen molar-refractivity contribution in [2.24, 2.45) is 7.05 Å². The van der Waals surface area contributed by atoms with Crippen LogP contribution in [0.5, 0.6) is 0 Å². The number of rotatable bonds is 6. The summed E-state index contributed by atoms with van der Waals surface area (Å²) in [6.45, 7) is 0. The van der Waals surface area contributed by atoms with E-state index in [0.717, 1.165) is 16.4 Å². The Morgan fingerprint density at radius 2 is 2.08 bits per heavy atom. The Balaban J connectivity index is 2.02. The number of carboxylic acid groups (broad SMARTS) is 1. The zero-order valence-electron chi connectivity index (χ0n) is 12.8. The number of carboxylic acids is 1. The van der Waals surface area contributed by atoms with Crippen LogP contribution < -0.4 is 10.6 Å². The van der Waals surface area contributed by atoms with Crippen LogP contribution in [0.25, 0.3) is 0 Å². The van der Waals surface area contributed by atoms with Crippen LogP contribution in [-0.2, 0) is 18.3 Å². The summed E-state index contributed by atoms with van der Waals surface area (Å²) in [4.78, 5) is 22.5. The van der Waals surface area contributed by atoms with E-state index in [-0.39, 0.29) is 17.8 Å². The van der Waals surface area contributed by atoms with E-state index >= 15 is 0 Å². The average molecular weight is 338 g/mol. The molecule has 0 atom stereocenters. The van der Waals surface area contributed by atoms with Crippen molar-refractivity contribution in [2.75, 3.05) is 10.6 Å². The molecule has 0 fully saturated rings. The van der Waals surface area contributed by atoms with E-state index in [2.05, 4.69) is 15.7 Å². The second-order valence-corrected chi connectivity index (χ2v) is 5.04. The summed E-state index contributed by atoms with van der Waals surface area (Å²) in [7, 11) is 1.36. The van der Waals surface area contributed by atoms with Gasteiger partial charge < -0.3 is 15.7 Å². The highest BCUT2D eigenvalue weighted by atomic mass is 19.3. The number of urea groups is 1. The summed E-state index contributed by atoms with van der Waals surface area (Å²) in [5.74, 6) is -0.915. The van der Waals surface area contributed by atoms with Gasteiger partial charge in [-0.15, -0.1) is 0 Å². The summed E-state index contributed by atoms with van der Waals surface area (Å²) in [5, 5.41) is 17.2. The number of hydrogen-bond acceptors (Lipinski definition) is 3. The third kappa shape index (κ3) is 4.51. The van der Waals surface area contributed by atoms with Gasteiger partial charge in [0.25, 0.3) is 6.43 Å². The number of carbonyl (C=O) groups is 2. The molecule has 0 aliphatic heterocycles. The van der Waals surface area contributed by atoms with Crippen molar-refractivity contribution >= 4 is 23.4 Å². The number of alkyl halides is 2. The molecule has 9 heteroatoms. The Bertz CT molecular complexity index is 746. The third-order valence-corrected chi connectivity index (χ3v) is 3.25. The Hall–Kier alpha value is -2.97. The first-order valence-electron chi connectivity index (χ1n) is 7.05. The van der Waals surface area contributed by atoms with Gasteiger partial charge in [0.15, 0.2) is 0 Å². The van der Waals surface area contributed by atoms with Crippen molar-refractivity contribution in [2.45, 2.75) is 19.3 Å². The number of carbonyl (C=O) groups excluding carboxylic acids is 1. The Labute approximate surface area is 136 Å². The van der Waals surface area contributed by atoms with E-state index in [4.69, 9.17) is 5.11 Å². The van der Waals surface area contributed by atoms with Crippen LogP contribution in [0.4, 0.5) is 25.0 Å². The van der Waals surface area contributed by atoms with Crippen molar-refractivity contribution in [3.8, 4) is 0 Å². The first kappa shape index (κ1) is 17.4. The minimum atomic E-state index is -2.77. The molecule has 7 nitrogen and oxygen atoms in total. The zero-order valence-corrected chi connectivity index (χ0v) is 12.8. The number of aromatic nitrogens is 2. The molecule has 0 aliphatic rings. The predicted molar refractivity (Wildman–Crippen MR) is 83.2 cm³/mol. The number of nitrogens with one attached hydrogen (secondary N) is 2. The van der Waals surface area contributed by atoms with E-state index in [0.29, 0.717) is 12.1 Å². The summed E-state index contributed by atoms with van der Waals surface area (Å²) in [6.07, 6.45) is -1.33. The van der Waals surface area contributed by atoms with Gasteiger partial charge in [0.1, 0.15) is 5.69 Å². The van der Waals surface area contributed by atoms with Gasteiger partial charge in [-0.25, -0.2) is 13.6 Å². The van der Waals surface area contributed by atoms with Gasteiger partial charge in [-0.2, -0.15) is 5.10 Å². The molecule has 3 N–H and O–H groups in total. The molecule has 2 aromatic rings. The Kier molecular flexibility index (Phi) is 5.46. The van der Waals surface area contributed by atoms with Crippen LogP contribution in [0, 0.1) is 0 Å². The van der Waals surface area contributed by atoms with Gasteiger partial charge in [0.2, 0.25) is 0 Å². The molecule has 0 aliphatic carbocycles. The lowest BCUT2D eigenvalue weighted by atomic mass is 10.1. The molecule has 2 amide bonds. The molecule has 1 heterocycles. The molecule has 128 valence electrons. The molecule has 0 unspecified atom stereocenters. The van der Waals surface area contributed by atoms with E-state index in [9.17, 15) is 18.4 Å². The lowest BCUT2D eigenvalue weighted by Crippen LogP contribution is -2.20. The first-order valence-corrected chi connectivity index (χ1v) is 7.05. The minimum absolute atomic E-state index is 0.0247. The number of benzene rings is 1. The van der Waals surface area contributed by atoms with E-state index in [1.807, 2.05) is 0 Å². The number of anilines is 2. The molecule has 24 heavy (non-hydrogen) atoms. The molecule has 0 saturated carbocycles. The topological polar surface area (TPSA) is 96.3 Å². The molecule has 0 saturated heterocycles. The fraction of sp³-hybridized carbons (Fsp3) is 0.267. The normalized spacial score (nSPS) is 10.7. The molecule has 0 radical (unpaired) electrons. The van der Waals surface area contributed by atoms with Crippen LogP contribution in [0.1, 0.15) is 24.1 Å². The summed E-state index contributed by atoms with van der Waals surface area (Å²) >= 11 is 0. The van der Waals surface area contributed by atoms with E-state index < -0.39 is 18.4 Å². The van der Waals surface area contributed by atoms with Crippen LogP contribution in [0.15, 0.2) is 30.5 Å². The van der Waals surface area contributed by atoms with Gasteiger partial charge in [-0.05, 0) is 24.1 Å². The molecule has 1 aromatic carbocycles. The SMILES string of the molecule is Cn1ncc(NC(=O)Nc2cccc(CCC(=O)O)c2)c1C(F)F. The number of aliphatic carboxylic acids is 1. The summed E-state index contributed by atoms with van der Waals surface area (Å²) in [5.41, 5.74) is 0.704. The lowest BCUT2D eigenvalue weighted by molar-refractivity contribution is -0.136. The smallest absolute Gasteiger partial charge is 0.323 e. The van der Waals surface area contributed by atoms with Gasteiger partial charge >= 0.3 is 12.0 Å². The second kappa shape index (κ2) is 7.53. The fourth-order valence-corrected chi connectivity index (χ4v) is 2.14. The Morgan fingerprint density at radius 3 is 2.75 bits per heavy atom. The quantitative estimate of drug-likeness (QED) is 0.754. The van der Waals surface area contributed by atoms with Crippen molar-refractivity contribution in [3.05, 3.63) is 41.7 Å². The predicted octanol–water partition coefficient (Wildman–Crippen LogP) is 3.02. The number of halogens is 2. The number of hydrogen-bond donors (Lipinski definition) is 3. The van der Waals surface area contributed by atoms with Crippen LogP contribution >= 0.6 is 0 Å². The van der Waals surface area contributed by atoms with Gasteiger partial charge in [-0.1, -0.05) is 12.1 Å². The summed E-state index contributed by atoms with van der Waals surface area (Å²) < 4.78 is 26.8. The minimum Gasteiger partial charge on any atom is -0.481 e. The van der Waals surface area contributed by atoms with Crippen molar-refractivity contribution in [1.29, 1.82) is 0 Å². The maximum absolute atomic E-state index is 12.9. The van der Waals surface area contributed by atoms with Crippen molar-refractivity contribution in [3.63, 3.8) is 0 Å². The number of amides is 2. The highest BCUT2D eigenvalue weighted by molar-refractivity contribution is 6.00. The Morgan fingerprint density at radius 1 is 1.33 bits per heavy atom. The summed E-state index contributed by atoms with van der Waals surface area (Å²) in [6, 6.07) is 5.95. The largest absolute Gasteiger partial charge is 0.481 e. The zero-order chi connectivity index (χ0) is 17.7. The van der Waals surface area contributed by atoms with Gasteiger partial charge in [0.05, 0.1) is 11.9 Å². The fourth-order valence-electron chi connectivity index (χ4n) is 2.14. The van der Waals surface area contributed by atoms with Crippen molar-refractivity contribution in [1.82, 2.24) is 9.78 Å². The standard InChI is InChI=1S/C15H16F2N4O3/c1-21-13(14(16)17)11(8-18-21)20-15(24)19-10-4-2-3-9(7-10)5-6-12(22)23/h2-4,7-8,14H,5-6H2,1H3,(H,22,23)(H2,19,20,24). The molecule has 1 aromatic heterocycles. The number of aryl methyl sites for hydroxylation is 2. The number of nitrogens with zero attached hydrogens (tertiary/aromatic N) is 2. The molecule has 2 rings (SSSR count). The average Bonchev–Trinajstić information content (AvgIpc) is 2.86. The van der Waals surface area contributed by atoms with Crippen LogP contribution in [0.3, 0.4) is 0 Å². The highest BCUT2D eigenvalue weighted by Crippen LogP contribution is 2.26. The maximum Gasteiger partial charge on any atom is 0.323 e. The van der Waals surface area contributed by atoms with E-state index in [1.54, 1.807) is 24.3 Å². The van der Waals surface area contributed by atoms with E-state index in [1.165, 1.54) is 7.05 Å². The highest BCUT2D eigenvalue weighted by Gasteiger charge is 2.19. The molecule has 0 spiro atoms. The monoisotopic (exact) mass is 338 g/mol. The third-order valence-electron chi connectivity index (χ3n) is 3.25. The van der Waals surface area contributed by atoms with Gasteiger partial charge in [-0.3, -0.25) is 9.48 Å². The molecular weight excluding hydrogens is 322 g/mol. The first-order chi connectivity index (χ1) is 11.4.